The smallest absolute Gasteiger partial charge is 0.0283 e. The van der Waals surface area contributed by atoms with Crippen LogP contribution in [0.5, 0.6) is 0 Å². The van der Waals surface area contributed by atoms with E-state index in [1.54, 1.807) is 0 Å². The molecule has 0 aromatic carbocycles. The zero-order valence-corrected chi connectivity index (χ0v) is 8.38. The van der Waals surface area contributed by atoms with Gasteiger partial charge < -0.3 is 0 Å². The molecule has 0 heterocycles. The molecule has 0 N–H and O–H groups in total. The summed E-state index contributed by atoms with van der Waals surface area (Å²) in [5, 5.41) is 0.736. The van der Waals surface area contributed by atoms with Crippen LogP contribution in [0.25, 0.3) is 0 Å². The molecule has 0 aliphatic heterocycles. The molecule has 0 aromatic heterocycles. The molecule has 0 aromatic rings. The van der Waals surface area contributed by atoms with Crippen LogP contribution < -0.4 is 0 Å². The van der Waals surface area contributed by atoms with Crippen LogP contribution in [-0.4, -0.2) is 5.88 Å². The summed E-state index contributed by atoms with van der Waals surface area (Å²) in [6.45, 7) is 5.90. The SMILES string of the molecule is C=C(Cl)CC(C)(CCl)C1CC1. The largest absolute Gasteiger partial charge is 0.126 e. The van der Waals surface area contributed by atoms with Crippen LogP contribution in [0.3, 0.4) is 0 Å². The Morgan fingerprint density at radius 3 is 2.45 bits per heavy atom. The maximum Gasteiger partial charge on any atom is 0.0283 e. The third-order valence-corrected chi connectivity index (χ3v) is 3.21. The third-order valence-electron chi connectivity index (χ3n) is 2.46. The molecule has 1 unspecified atom stereocenters. The Hall–Kier alpha value is 0.320. The third kappa shape index (κ3) is 2.38. The van der Waals surface area contributed by atoms with Crippen molar-refractivity contribution >= 4 is 23.2 Å². The summed E-state index contributed by atoms with van der Waals surface area (Å²) in [5.74, 6) is 1.49. The van der Waals surface area contributed by atoms with Gasteiger partial charge in [-0.2, -0.15) is 0 Å². The molecule has 1 rings (SSSR count). The maximum atomic E-state index is 5.89. The molecule has 0 radical (unpaired) electrons. The van der Waals surface area contributed by atoms with Gasteiger partial charge in [0, 0.05) is 10.9 Å². The molecule has 0 bridgehead atoms. The Bertz CT molecular complexity index is 161. The van der Waals surface area contributed by atoms with E-state index in [2.05, 4.69) is 13.5 Å². The number of halogens is 2. The molecule has 1 saturated carbocycles. The fourth-order valence-corrected chi connectivity index (χ4v) is 2.14. The average Bonchev–Trinajstić information content (AvgIpc) is 2.66. The van der Waals surface area contributed by atoms with E-state index in [9.17, 15) is 0 Å². The Morgan fingerprint density at radius 2 is 2.18 bits per heavy atom. The summed E-state index contributed by atoms with van der Waals surface area (Å²) in [4.78, 5) is 0. The van der Waals surface area contributed by atoms with Gasteiger partial charge in [0.1, 0.15) is 0 Å². The Kier molecular flexibility index (Phi) is 2.88. The van der Waals surface area contributed by atoms with Gasteiger partial charge in [0.05, 0.1) is 0 Å². The first-order valence-electron chi connectivity index (χ1n) is 3.98. The molecule has 0 amide bonds. The van der Waals surface area contributed by atoms with Gasteiger partial charge in [0.15, 0.2) is 0 Å². The molecular formula is C9H14Cl2. The molecule has 1 fully saturated rings. The fraction of sp³-hybridized carbons (Fsp3) is 0.778. The first-order valence-corrected chi connectivity index (χ1v) is 4.89. The van der Waals surface area contributed by atoms with Gasteiger partial charge in [-0.3, -0.25) is 0 Å². The zero-order chi connectivity index (χ0) is 8.48. The monoisotopic (exact) mass is 192 g/mol. The summed E-state index contributed by atoms with van der Waals surface area (Å²) in [5.41, 5.74) is 0.209. The van der Waals surface area contributed by atoms with Crippen LogP contribution in [0.2, 0.25) is 0 Å². The van der Waals surface area contributed by atoms with E-state index in [0.29, 0.717) is 5.88 Å². The van der Waals surface area contributed by atoms with Crippen LogP contribution in [0.1, 0.15) is 26.2 Å². The molecule has 11 heavy (non-hydrogen) atoms. The molecule has 1 aliphatic rings. The molecule has 0 saturated heterocycles. The van der Waals surface area contributed by atoms with Crippen molar-refractivity contribution in [3.8, 4) is 0 Å². The topological polar surface area (TPSA) is 0 Å². The van der Waals surface area contributed by atoms with E-state index in [0.717, 1.165) is 17.4 Å². The molecule has 1 atom stereocenters. The molecule has 1 aliphatic carbocycles. The summed E-state index contributed by atoms with van der Waals surface area (Å²) in [6, 6.07) is 0. The molecule has 64 valence electrons. The Labute approximate surface area is 78.6 Å². The summed E-state index contributed by atoms with van der Waals surface area (Å²) < 4.78 is 0. The lowest BCUT2D eigenvalue weighted by atomic mass is 9.83. The second-order valence-corrected chi connectivity index (χ2v) is 4.56. The lowest BCUT2D eigenvalue weighted by molar-refractivity contribution is 0.318. The first kappa shape index (κ1) is 9.41. The van der Waals surface area contributed by atoms with Crippen molar-refractivity contribution in [3.05, 3.63) is 11.6 Å². The molecule has 0 spiro atoms. The number of rotatable bonds is 4. The van der Waals surface area contributed by atoms with Crippen molar-refractivity contribution in [2.45, 2.75) is 26.2 Å². The summed E-state index contributed by atoms with van der Waals surface area (Å²) in [7, 11) is 0. The minimum atomic E-state index is 0.209. The minimum Gasteiger partial charge on any atom is -0.126 e. The van der Waals surface area contributed by atoms with Crippen molar-refractivity contribution in [1.29, 1.82) is 0 Å². The summed E-state index contributed by atoms with van der Waals surface area (Å²) >= 11 is 11.6. The molecule has 2 heteroatoms. The lowest BCUT2D eigenvalue weighted by Crippen LogP contribution is -2.21. The van der Waals surface area contributed by atoms with Gasteiger partial charge in [-0.1, -0.05) is 25.1 Å². The normalized spacial score (nSPS) is 22.8. The number of alkyl halides is 1. The fourth-order valence-electron chi connectivity index (χ4n) is 1.52. The highest BCUT2D eigenvalue weighted by Gasteiger charge is 2.40. The van der Waals surface area contributed by atoms with E-state index in [1.807, 2.05) is 0 Å². The van der Waals surface area contributed by atoms with Crippen LogP contribution in [0.15, 0.2) is 11.6 Å². The molecule has 0 nitrogen and oxygen atoms in total. The van der Waals surface area contributed by atoms with Gasteiger partial charge in [-0.15, -0.1) is 11.6 Å². The van der Waals surface area contributed by atoms with E-state index in [1.165, 1.54) is 12.8 Å². The van der Waals surface area contributed by atoms with Gasteiger partial charge in [-0.25, -0.2) is 0 Å². The van der Waals surface area contributed by atoms with E-state index in [-0.39, 0.29) is 5.41 Å². The second kappa shape index (κ2) is 3.37. The number of hydrogen-bond donors (Lipinski definition) is 0. The van der Waals surface area contributed by atoms with Crippen molar-refractivity contribution in [3.63, 3.8) is 0 Å². The van der Waals surface area contributed by atoms with Crippen LogP contribution in [0, 0.1) is 11.3 Å². The number of hydrogen-bond acceptors (Lipinski definition) is 0. The van der Waals surface area contributed by atoms with E-state index >= 15 is 0 Å². The average molecular weight is 193 g/mol. The van der Waals surface area contributed by atoms with Crippen molar-refractivity contribution in [2.75, 3.05) is 5.88 Å². The second-order valence-electron chi connectivity index (χ2n) is 3.76. The number of allylic oxidation sites excluding steroid dienone is 1. The highest BCUT2D eigenvalue weighted by atomic mass is 35.5. The van der Waals surface area contributed by atoms with Gasteiger partial charge in [-0.05, 0) is 30.6 Å². The van der Waals surface area contributed by atoms with Gasteiger partial charge >= 0.3 is 0 Å². The van der Waals surface area contributed by atoms with E-state index in [4.69, 9.17) is 23.2 Å². The maximum absolute atomic E-state index is 5.89. The van der Waals surface area contributed by atoms with Crippen LogP contribution in [-0.2, 0) is 0 Å². The quantitative estimate of drug-likeness (QED) is 0.596. The highest BCUT2D eigenvalue weighted by Crippen LogP contribution is 2.49. The predicted octanol–water partition coefficient (Wildman–Crippen LogP) is 3.78. The highest BCUT2D eigenvalue weighted by molar-refractivity contribution is 6.29. The van der Waals surface area contributed by atoms with Gasteiger partial charge in [0.25, 0.3) is 0 Å². The van der Waals surface area contributed by atoms with Crippen molar-refractivity contribution in [2.24, 2.45) is 11.3 Å². The Balaban J connectivity index is 2.51. The predicted molar refractivity (Wildman–Crippen MR) is 51.2 cm³/mol. The van der Waals surface area contributed by atoms with Crippen molar-refractivity contribution < 1.29 is 0 Å². The minimum absolute atomic E-state index is 0.209. The lowest BCUT2D eigenvalue weighted by Gasteiger charge is -2.26. The Morgan fingerprint density at radius 1 is 1.64 bits per heavy atom. The summed E-state index contributed by atoms with van der Waals surface area (Å²) in [6.07, 6.45) is 3.49. The standard InChI is InChI=1S/C9H14Cl2/c1-7(11)5-9(2,6-10)8-3-4-8/h8H,1,3-6H2,2H3. The van der Waals surface area contributed by atoms with Crippen LogP contribution >= 0.6 is 23.2 Å². The molecular weight excluding hydrogens is 179 g/mol. The van der Waals surface area contributed by atoms with E-state index < -0.39 is 0 Å². The first-order chi connectivity index (χ1) is 5.08. The van der Waals surface area contributed by atoms with Crippen LogP contribution in [0.4, 0.5) is 0 Å². The zero-order valence-electron chi connectivity index (χ0n) is 6.87. The van der Waals surface area contributed by atoms with Crippen molar-refractivity contribution in [1.82, 2.24) is 0 Å². The van der Waals surface area contributed by atoms with Gasteiger partial charge in [0.2, 0.25) is 0 Å².